The van der Waals surface area contributed by atoms with Gasteiger partial charge in [0.15, 0.2) is 0 Å². The summed E-state index contributed by atoms with van der Waals surface area (Å²) in [5.41, 5.74) is 1.37. The maximum atomic E-state index is 6.55. The summed E-state index contributed by atoms with van der Waals surface area (Å²) in [5.74, 6) is 0.971. The highest BCUT2D eigenvalue weighted by molar-refractivity contribution is 9.10. The normalized spacial score (nSPS) is 18.4. The lowest BCUT2D eigenvalue weighted by atomic mass is 10.1. The lowest BCUT2D eigenvalue weighted by molar-refractivity contribution is 0.185. The average Bonchev–Trinajstić information content (AvgIpc) is 2.87. The largest absolute Gasteiger partial charge is 0.485 e. The van der Waals surface area contributed by atoms with Crippen LogP contribution in [0.2, 0.25) is 0 Å². The molecule has 4 rings (SSSR count). The van der Waals surface area contributed by atoms with Crippen molar-refractivity contribution in [2.75, 3.05) is 13.6 Å². The highest BCUT2D eigenvalue weighted by Crippen LogP contribution is 2.38. The first-order chi connectivity index (χ1) is 11.6. The van der Waals surface area contributed by atoms with Gasteiger partial charge in [-0.3, -0.25) is 0 Å². The van der Waals surface area contributed by atoms with Crippen molar-refractivity contribution in [3.8, 4) is 5.75 Å². The molecule has 0 saturated carbocycles. The molecule has 0 saturated heterocycles. The minimum absolute atomic E-state index is 0.125. The molecule has 4 heteroatoms. The summed E-state index contributed by atoms with van der Waals surface area (Å²) >= 11 is 5.54. The Hall–Kier alpha value is -1.36. The molecule has 3 aromatic rings. The van der Waals surface area contributed by atoms with Gasteiger partial charge in [0.05, 0.1) is 0 Å². The Morgan fingerprint density at radius 1 is 1.17 bits per heavy atom. The summed E-state index contributed by atoms with van der Waals surface area (Å²) in [6.45, 7) is 4.26. The lowest BCUT2D eigenvalue weighted by Crippen LogP contribution is -2.18. The Bertz CT molecular complexity index is 888. The van der Waals surface area contributed by atoms with Gasteiger partial charge in [-0.2, -0.15) is 0 Å². The van der Waals surface area contributed by atoms with Crippen molar-refractivity contribution in [1.82, 2.24) is 4.90 Å². The van der Waals surface area contributed by atoms with Crippen LogP contribution in [0, 0.1) is 6.92 Å². The third-order valence-corrected chi connectivity index (χ3v) is 6.34. The summed E-state index contributed by atoms with van der Waals surface area (Å²) in [6, 6.07) is 14.9. The van der Waals surface area contributed by atoms with Gasteiger partial charge in [0.2, 0.25) is 0 Å². The van der Waals surface area contributed by atoms with Gasteiger partial charge in [-0.15, -0.1) is 11.3 Å². The van der Waals surface area contributed by atoms with Gasteiger partial charge >= 0.3 is 0 Å². The van der Waals surface area contributed by atoms with Gasteiger partial charge in [-0.05, 0) is 37.6 Å². The van der Waals surface area contributed by atoms with Crippen LogP contribution in [-0.4, -0.2) is 18.5 Å². The second-order valence-corrected chi connectivity index (χ2v) is 8.65. The van der Waals surface area contributed by atoms with Crippen LogP contribution in [0.1, 0.15) is 27.8 Å². The zero-order valence-corrected chi connectivity index (χ0v) is 16.3. The Labute approximate surface area is 155 Å². The van der Waals surface area contributed by atoms with E-state index < -0.39 is 0 Å². The van der Waals surface area contributed by atoms with E-state index in [9.17, 15) is 0 Å². The van der Waals surface area contributed by atoms with E-state index in [0.717, 1.165) is 35.1 Å². The van der Waals surface area contributed by atoms with Crippen LogP contribution in [-0.2, 0) is 6.54 Å². The van der Waals surface area contributed by atoms with Crippen LogP contribution in [0.25, 0.3) is 10.8 Å². The second kappa shape index (κ2) is 6.51. The van der Waals surface area contributed by atoms with E-state index in [-0.39, 0.29) is 6.10 Å². The molecule has 2 heterocycles. The fourth-order valence-corrected chi connectivity index (χ4v) is 5.05. The molecule has 0 amide bonds. The number of benzene rings is 2. The number of thiophene rings is 1. The first-order valence-electron chi connectivity index (χ1n) is 8.23. The first-order valence-corrected chi connectivity index (χ1v) is 9.84. The van der Waals surface area contributed by atoms with Crippen molar-refractivity contribution >= 4 is 38.0 Å². The molecule has 0 aliphatic carbocycles. The molecule has 24 heavy (non-hydrogen) atoms. The molecule has 124 valence electrons. The number of halogens is 1. The molecule has 0 bridgehead atoms. The van der Waals surface area contributed by atoms with Crippen molar-refractivity contribution < 1.29 is 4.74 Å². The van der Waals surface area contributed by atoms with Crippen molar-refractivity contribution in [2.45, 2.75) is 26.0 Å². The summed E-state index contributed by atoms with van der Waals surface area (Å²) < 4.78 is 7.66. The summed E-state index contributed by atoms with van der Waals surface area (Å²) in [7, 11) is 2.19. The van der Waals surface area contributed by atoms with Gasteiger partial charge in [-0.25, -0.2) is 0 Å². The maximum Gasteiger partial charge on any atom is 0.128 e. The number of fused-ring (bicyclic) bond motifs is 2. The molecule has 2 nitrogen and oxygen atoms in total. The fraction of sp³-hybridized carbons (Fsp3) is 0.300. The molecule has 0 radical (unpaired) electrons. The van der Waals surface area contributed by atoms with Crippen LogP contribution in [0.4, 0.5) is 0 Å². The number of rotatable bonds is 2. The van der Waals surface area contributed by atoms with Gasteiger partial charge in [0.25, 0.3) is 0 Å². The SMILES string of the molecule is Cc1cc2c(s1)CN(C)CCC2Oc1ccc(Br)c2ccccc12. The quantitative estimate of drug-likeness (QED) is 0.527. The maximum absolute atomic E-state index is 6.55. The van der Waals surface area contributed by atoms with E-state index in [4.69, 9.17) is 4.74 Å². The molecule has 1 aliphatic rings. The smallest absolute Gasteiger partial charge is 0.128 e. The molecule has 1 atom stereocenters. The molecule has 1 aromatic heterocycles. The van der Waals surface area contributed by atoms with E-state index >= 15 is 0 Å². The van der Waals surface area contributed by atoms with Crippen molar-refractivity contribution in [1.29, 1.82) is 0 Å². The van der Waals surface area contributed by atoms with E-state index in [1.54, 1.807) is 0 Å². The Morgan fingerprint density at radius 3 is 2.79 bits per heavy atom. The number of hydrogen-bond donors (Lipinski definition) is 0. The average molecular weight is 402 g/mol. The van der Waals surface area contributed by atoms with Gasteiger partial charge in [0, 0.05) is 44.7 Å². The third-order valence-electron chi connectivity index (χ3n) is 4.60. The van der Waals surface area contributed by atoms with Gasteiger partial charge < -0.3 is 9.64 Å². The van der Waals surface area contributed by atoms with Crippen LogP contribution < -0.4 is 4.74 Å². The van der Waals surface area contributed by atoms with Crippen LogP contribution in [0.5, 0.6) is 5.75 Å². The van der Waals surface area contributed by atoms with Crippen molar-refractivity contribution in [2.24, 2.45) is 0 Å². The number of nitrogens with zero attached hydrogens (tertiary/aromatic N) is 1. The van der Waals surface area contributed by atoms with Crippen LogP contribution in [0.3, 0.4) is 0 Å². The Kier molecular flexibility index (Phi) is 4.37. The molecule has 1 aliphatic heterocycles. The summed E-state index contributed by atoms with van der Waals surface area (Å²) in [6.07, 6.45) is 1.14. The molecule has 0 spiro atoms. The third kappa shape index (κ3) is 2.99. The molecule has 0 fully saturated rings. The Balaban J connectivity index is 1.74. The zero-order chi connectivity index (χ0) is 16.7. The molecule has 1 unspecified atom stereocenters. The van der Waals surface area contributed by atoms with Crippen LogP contribution in [0.15, 0.2) is 46.9 Å². The summed E-state index contributed by atoms with van der Waals surface area (Å²) in [5, 5.41) is 2.36. The molecule has 2 aromatic carbocycles. The predicted octanol–water partition coefficient (Wildman–Crippen LogP) is 5.93. The predicted molar refractivity (Wildman–Crippen MR) is 105 cm³/mol. The van der Waals surface area contributed by atoms with E-state index in [0.29, 0.717) is 0 Å². The molecular weight excluding hydrogens is 382 g/mol. The fourth-order valence-electron chi connectivity index (χ4n) is 3.41. The summed E-state index contributed by atoms with van der Waals surface area (Å²) in [4.78, 5) is 5.20. The van der Waals surface area contributed by atoms with Gasteiger partial charge in [-0.1, -0.05) is 40.2 Å². The zero-order valence-electron chi connectivity index (χ0n) is 13.9. The molecular formula is C20H20BrNOS. The first kappa shape index (κ1) is 16.1. The minimum Gasteiger partial charge on any atom is -0.485 e. The topological polar surface area (TPSA) is 12.5 Å². The van der Waals surface area contributed by atoms with Crippen LogP contribution >= 0.6 is 27.3 Å². The van der Waals surface area contributed by atoms with Crippen molar-refractivity contribution in [3.63, 3.8) is 0 Å². The number of hydrogen-bond acceptors (Lipinski definition) is 3. The Morgan fingerprint density at radius 2 is 1.96 bits per heavy atom. The minimum atomic E-state index is 0.125. The molecule has 0 N–H and O–H groups in total. The van der Waals surface area contributed by atoms with E-state index in [1.165, 1.54) is 20.7 Å². The number of ether oxygens (including phenoxy) is 1. The highest BCUT2D eigenvalue weighted by atomic mass is 79.9. The lowest BCUT2D eigenvalue weighted by Gasteiger charge is -2.20. The van der Waals surface area contributed by atoms with E-state index in [2.05, 4.69) is 77.3 Å². The van der Waals surface area contributed by atoms with Gasteiger partial charge in [0.1, 0.15) is 11.9 Å². The monoisotopic (exact) mass is 401 g/mol. The van der Waals surface area contributed by atoms with E-state index in [1.807, 2.05) is 11.3 Å². The highest BCUT2D eigenvalue weighted by Gasteiger charge is 2.25. The second-order valence-electron chi connectivity index (χ2n) is 6.46. The van der Waals surface area contributed by atoms with Crippen molar-refractivity contribution in [3.05, 3.63) is 62.3 Å². The standard InChI is InChI=1S/C20H20BrNOS/c1-13-11-16-19(9-10-22(2)12-20(16)24-13)23-18-8-7-17(21)14-5-3-4-6-15(14)18/h3-8,11,19H,9-10,12H2,1-2H3. The number of aryl methyl sites for hydroxylation is 1.